The minimum atomic E-state index is 0.614. The number of fused-ring (bicyclic) bond motifs is 1. The van der Waals surface area contributed by atoms with Crippen LogP contribution in [0, 0.1) is 0 Å². The molecule has 2 aromatic rings. The van der Waals surface area contributed by atoms with Gasteiger partial charge in [-0.1, -0.05) is 6.42 Å². The molecule has 2 heterocycles. The number of carbonyl (C=O) groups excluding carboxylic acids is 1. The largest absolute Gasteiger partial charge is 0.481 e. The molecule has 100 valence electrons. The molecule has 0 amide bonds. The Morgan fingerprint density at radius 1 is 1.21 bits per heavy atom. The Morgan fingerprint density at radius 2 is 2.11 bits per heavy atom. The summed E-state index contributed by atoms with van der Waals surface area (Å²) in [6.45, 7) is 0. The van der Waals surface area contributed by atoms with Gasteiger partial charge in [0.2, 0.25) is 5.88 Å². The number of aldehydes is 1. The summed E-state index contributed by atoms with van der Waals surface area (Å²) in [6.07, 6.45) is 7.49. The van der Waals surface area contributed by atoms with Crippen molar-refractivity contribution in [3.63, 3.8) is 0 Å². The number of carbonyl (C=O) groups is 1. The summed E-state index contributed by atoms with van der Waals surface area (Å²) in [4.78, 5) is 19.0. The minimum Gasteiger partial charge on any atom is -0.481 e. The highest BCUT2D eigenvalue weighted by atomic mass is 16.5. The van der Waals surface area contributed by atoms with Crippen LogP contribution in [0.15, 0.2) is 24.4 Å². The zero-order chi connectivity index (χ0) is 13.5. The Morgan fingerprint density at radius 3 is 2.89 bits per heavy atom. The lowest BCUT2D eigenvalue weighted by molar-refractivity contribution is -0.107. The summed E-state index contributed by atoms with van der Waals surface area (Å²) in [5, 5.41) is 0. The van der Waals surface area contributed by atoms with Crippen molar-refractivity contribution in [1.29, 1.82) is 0 Å². The topological polar surface area (TPSA) is 52.1 Å². The third-order valence-electron chi connectivity index (χ3n) is 3.12. The molecule has 0 saturated carbocycles. The van der Waals surface area contributed by atoms with Crippen molar-refractivity contribution >= 4 is 17.3 Å². The van der Waals surface area contributed by atoms with Gasteiger partial charge in [0.1, 0.15) is 6.29 Å². The summed E-state index contributed by atoms with van der Waals surface area (Å²) in [5.74, 6) is 0.614. The number of rotatable bonds is 7. The number of aryl methyl sites for hydroxylation is 1. The molecule has 4 nitrogen and oxygen atoms in total. The molecule has 0 aliphatic carbocycles. The zero-order valence-electron chi connectivity index (χ0n) is 11.1. The molecule has 0 radical (unpaired) electrons. The number of ether oxygens (including phenoxy) is 1. The van der Waals surface area contributed by atoms with Gasteiger partial charge >= 0.3 is 0 Å². The highest BCUT2D eigenvalue weighted by Gasteiger charge is 2.05. The number of methoxy groups -OCH3 is 1. The van der Waals surface area contributed by atoms with Crippen molar-refractivity contribution in [2.24, 2.45) is 0 Å². The summed E-state index contributed by atoms with van der Waals surface area (Å²) < 4.78 is 5.16. The van der Waals surface area contributed by atoms with E-state index >= 15 is 0 Å². The Kier molecular flexibility index (Phi) is 4.84. The maximum absolute atomic E-state index is 10.3. The third kappa shape index (κ3) is 3.50. The van der Waals surface area contributed by atoms with Crippen LogP contribution in [-0.2, 0) is 11.2 Å². The van der Waals surface area contributed by atoms with Gasteiger partial charge in [0.25, 0.3) is 0 Å². The van der Waals surface area contributed by atoms with Crippen molar-refractivity contribution in [1.82, 2.24) is 9.97 Å². The number of hydrogen-bond donors (Lipinski definition) is 0. The molecule has 0 aliphatic heterocycles. The molecule has 2 rings (SSSR count). The van der Waals surface area contributed by atoms with Crippen LogP contribution >= 0.6 is 0 Å². The smallest absolute Gasteiger partial charge is 0.213 e. The predicted octanol–water partition coefficient (Wildman–Crippen LogP) is 2.94. The molecule has 0 aliphatic rings. The number of nitrogens with zero attached hydrogens (tertiary/aromatic N) is 2. The molecule has 4 heteroatoms. The molecule has 19 heavy (non-hydrogen) atoms. The summed E-state index contributed by atoms with van der Waals surface area (Å²) >= 11 is 0. The maximum atomic E-state index is 10.3. The van der Waals surface area contributed by atoms with Gasteiger partial charge in [-0.05, 0) is 37.0 Å². The van der Waals surface area contributed by atoms with Gasteiger partial charge in [-0.2, -0.15) is 0 Å². The van der Waals surface area contributed by atoms with Crippen molar-refractivity contribution in [3.05, 3.63) is 30.0 Å². The fourth-order valence-electron chi connectivity index (χ4n) is 2.10. The molecular weight excluding hydrogens is 240 g/mol. The fraction of sp³-hybridized carbons (Fsp3) is 0.400. The number of pyridine rings is 2. The SMILES string of the molecule is COc1ccc2nccc(CCCCCC=O)c2n1. The standard InChI is InChI=1S/C15H18N2O2/c1-19-14-8-7-13-15(17-14)12(9-10-16-13)6-4-2-3-5-11-18/h7-11H,2-6H2,1H3. The molecule has 0 unspecified atom stereocenters. The van der Waals surface area contributed by atoms with E-state index in [4.69, 9.17) is 4.74 Å². The van der Waals surface area contributed by atoms with Crippen molar-refractivity contribution in [3.8, 4) is 5.88 Å². The first-order chi connectivity index (χ1) is 9.35. The predicted molar refractivity (Wildman–Crippen MR) is 74.3 cm³/mol. The highest BCUT2D eigenvalue weighted by molar-refractivity contribution is 5.78. The average Bonchev–Trinajstić information content (AvgIpc) is 2.46. The highest BCUT2D eigenvalue weighted by Crippen LogP contribution is 2.20. The van der Waals surface area contributed by atoms with Gasteiger partial charge in [0.05, 0.1) is 18.1 Å². The van der Waals surface area contributed by atoms with Crippen LogP contribution < -0.4 is 4.74 Å². The van der Waals surface area contributed by atoms with E-state index in [1.54, 1.807) is 7.11 Å². The molecule has 0 fully saturated rings. The number of hydrogen-bond acceptors (Lipinski definition) is 4. The average molecular weight is 258 g/mol. The molecule has 0 spiro atoms. The second kappa shape index (κ2) is 6.83. The first kappa shape index (κ1) is 13.5. The van der Waals surface area contributed by atoms with Crippen molar-refractivity contribution < 1.29 is 9.53 Å². The monoisotopic (exact) mass is 258 g/mol. The van der Waals surface area contributed by atoms with E-state index < -0.39 is 0 Å². The Bertz CT molecular complexity index is 555. The second-order valence-electron chi connectivity index (χ2n) is 4.46. The number of unbranched alkanes of at least 4 members (excludes halogenated alkanes) is 3. The van der Waals surface area contributed by atoms with Crippen LogP contribution in [0.2, 0.25) is 0 Å². The molecular formula is C15H18N2O2. The van der Waals surface area contributed by atoms with E-state index in [0.29, 0.717) is 12.3 Å². The molecule has 2 aromatic heterocycles. The van der Waals surface area contributed by atoms with Gasteiger partial charge in [-0.15, -0.1) is 0 Å². The number of aromatic nitrogens is 2. The van der Waals surface area contributed by atoms with E-state index in [2.05, 4.69) is 9.97 Å². The summed E-state index contributed by atoms with van der Waals surface area (Å²) in [6, 6.07) is 5.76. The van der Waals surface area contributed by atoms with Gasteiger partial charge < -0.3 is 9.53 Å². The van der Waals surface area contributed by atoms with E-state index in [1.165, 1.54) is 5.56 Å². The van der Waals surface area contributed by atoms with Gasteiger partial charge in [0, 0.05) is 18.7 Å². The Balaban J connectivity index is 2.10. The minimum absolute atomic E-state index is 0.614. The lowest BCUT2D eigenvalue weighted by atomic mass is 10.1. The van der Waals surface area contributed by atoms with E-state index in [1.807, 2.05) is 24.4 Å². The quantitative estimate of drug-likeness (QED) is 0.566. The van der Waals surface area contributed by atoms with Crippen LogP contribution in [0.3, 0.4) is 0 Å². The van der Waals surface area contributed by atoms with Crippen LogP contribution in [0.4, 0.5) is 0 Å². The molecule has 0 bridgehead atoms. The molecule has 0 atom stereocenters. The van der Waals surface area contributed by atoms with Crippen molar-refractivity contribution in [2.45, 2.75) is 32.1 Å². The van der Waals surface area contributed by atoms with Gasteiger partial charge in [-0.3, -0.25) is 4.98 Å². The van der Waals surface area contributed by atoms with Crippen LogP contribution in [0.25, 0.3) is 11.0 Å². The van der Waals surface area contributed by atoms with E-state index in [0.717, 1.165) is 43.0 Å². The lowest BCUT2D eigenvalue weighted by Crippen LogP contribution is -1.95. The Hall–Kier alpha value is -1.97. The van der Waals surface area contributed by atoms with Crippen molar-refractivity contribution in [2.75, 3.05) is 7.11 Å². The molecule has 0 N–H and O–H groups in total. The van der Waals surface area contributed by atoms with E-state index in [9.17, 15) is 4.79 Å². The maximum Gasteiger partial charge on any atom is 0.213 e. The first-order valence-corrected chi connectivity index (χ1v) is 6.57. The first-order valence-electron chi connectivity index (χ1n) is 6.57. The molecule has 0 aromatic carbocycles. The zero-order valence-corrected chi connectivity index (χ0v) is 11.1. The summed E-state index contributed by atoms with van der Waals surface area (Å²) in [7, 11) is 1.61. The Labute approximate surface area is 112 Å². The van der Waals surface area contributed by atoms with Crippen LogP contribution in [-0.4, -0.2) is 23.4 Å². The fourth-order valence-corrected chi connectivity index (χ4v) is 2.10. The van der Waals surface area contributed by atoms with Crippen LogP contribution in [0.1, 0.15) is 31.2 Å². The summed E-state index contributed by atoms with van der Waals surface area (Å²) in [5.41, 5.74) is 3.00. The molecule has 0 saturated heterocycles. The lowest BCUT2D eigenvalue weighted by Gasteiger charge is -2.06. The van der Waals surface area contributed by atoms with Crippen LogP contribution in [0.5, 0.6) is 5.88 Å². The van der Waals surface area contributed by atoms with E-state index in [-0.39, 0.29) is 0 Å². The second-order valence-corrected chi connectivity index (χ2v) is 4.46. The van der Waals surface area contributed by atoms with Gasteiger partial charge in [-0.25, -0.2) is 4.98 Å². The third-order valence-corrected chi connectivity index (χ3v) is 3.12. The normalized spacial score (nSPS) is 10.6. The van der Waals surface area contributed by atoms with Gasteiger partial charge in [0.15, 0.2) is 0 Å².